The Morgan fingerprint density at radius 3 is 2.29 bits per heavy atom. The molecule has 3 aromatic carbocycles. The largest absolute Gasteiger partial charge is 0.357 e. The second-order valence-corrected chi connectivity index (χ2v) is 6.70. The Bertz CT molecular complexity index is 918. The summed E-state index contributed by atoms with van der Waals surface area (Å²) < 4.78 is 0. The first kappa shape index (κ1) is 15.0. The molecular weight excluding hydrogens is 292 g/mol. The van der Waals surface area contributed by atoms with Crippen LogP contribution in [-0.2, 0) is 0 Å². The fraction of sp³-hybridized carbons (Fsp3) is 0.182. The molecule has 1 unspecified atom stereocenters. The normalized spacial score (nSPS) is 16.8. The molecule has 0 saturated heterocycles. The summed E-state index contributed by atoms with van der Waals surface area (Å²) in [6, 6.07) is 23.1. The van der Waals surface area contributed by atoms with Gasteiger partial charge in [0.2, 0.25) is 0 Å². The maximum Gasteiger partial charge on any atom is 0.0713 e. The Kier molecular flexibility index (Phi) is 3.62. The van der Waals surface area contributed by atoms with E-state index in [1.54, 1.807) is 0 Å². The molecule has 3 N–H and O–H groups in total. The lowest BCUT2D eigenvalue weighted by molar-refractivity contribution is 0.794. The molecule has 0 amide bonds. The van der Waals surface area contributed by atoms with Gasteiger partial charge in [-0.25, -0.2) is 0 Å². The molecule has 0 heterocycles. The van der Waals surface area contributed by atoms with Crippen molar-refractivity contribution in [2.24, 2.45) is 11.7 Å². The van der Waals surface area contributed by atoms with E-state index in [1.807, 2.05) is 18.2 Å². The van der Waals surface area contributed by atoms with Gasteiger partial charge in [-0.15, -0.1) is 0 Å². The fourth-order valence-electron chi connectivity index (χ4n) is 3.77. The highest BCUT2D eigenvalue weighted by Gasteiger charge is 2.28. The van der Waals surface area contributed by atoms with Crippen molar-refractivity contribution in [1.29, 1.82) is 0 Å². The average Bonchev–Trinajstić information content (AvgIpc) is 2.60. The Morgan fingerprint density at radius 2 is 1.58 bits per heavy atom. The molecule has 1 aliphatic carbocycles. The molecule has 4 rings (SSSR count). The number of hydrogen-bond donors (Lipinski definition) is 2. The van der Waals surface area contributed by atoms with Crippen LogP contribution in [-0.4, -0.2) is 0 Å². The van der Waals surface area contributed by atoms with Crippen molar-refractivity contribution in [3.8, 4) is 0 Å². The van der Waals surface area contributed by atoms with Crippen molar-refractivity contribution in [2.75, 3.05) is 5.32 Å². The maximum absolute atomic E-state index is 6.70. The molecule has 0 aliphatic heterocycles. The molecule has 0 spiro atoms. The van der Waals surface area contributed by atoms with Crippen LogP contribution < -0.4 is 11.1 Å². The van der Waals surface area contributed by atoms with Crippen molar-refractivity contribution in [2.45, 2.75) is 19.9 Å². The highest BCUT2D eigenvalue weighted by atomic mass is 14.9. The summed E-state index contributed by atoms with van der Waals surface area (Å²) in [5.41, 5.74) is 12.7. The smallest absolute Gasteiger partial charge is 0.0713 e. The van der Waals surface area contributed by atoms with E-state index in [2.05, 4.69) is 67.7 Å². The van der Waals surface area contributed by atoms with Crippen molar-refractivity contribution in [3.05, 3.63) is 83.6 Å². The minimum atomic E-state index is -0.138. The van der Waals surface area contributed by atoms with Crippen LogP contribution in [0.5, 0.6) is 0 Å². The van der Waals surface area contributed by atoms with Crippen LogP contribution in [0, 0.1) is 5.92 Å². The summed E-state index contributed by atoms with van der Waals surface area (Å²) in [6.07, 6.45) is 0. The first-order valence-corrected chi connectivity index (χ1v) is 8.50. The summed E-state index contributed by atoms with van der Waals surface area (Å²) in [5, 5.41) is 6.16. The summed E-state index contributed by atoms with van der Waals surface area (Å²) in [6.45, 7) is 4.48. The third-order valence-corrected chi connectivity index (χ3v) is 4.79. The van der Waals surface area contributed by atoms with Crippen LogP contribution in [0.4, 0.5) is 5.69 Å². The number of rotatable bonds is 3. The number of hydrogen-bond acceptors (Lipinski definition) is 2. The Balaban J connectivity index is 1.97. The lowest BCUT2D eigenvalue weighted by Crippen LogP contribution is -2.25. The van der Waals surface area contributed by atoms with E-state index in [0.29, 0.717) is 5.92 Å². The van der Waals surface area contributed by atoms with Gasteiger partial charge in [0.05, 0.1) is 6.04 Å². The van der Waals surface area contributed by atoms with Crippen LogP contribution >= 0.6 is 0 Å². The average molecular weight is 314 g/mol. The van der Waals surface area contributed by atoms with Crippen molar-refractivity contribution < 1.29 is 0 Å². The summed E-state index contributed by atoms with van der Waals surface area (Å²) in [4.78, 5) is 0. The minimum Gasteiger partial charge on any atom is -0.357 e. The molecule has 0 bridgehead atoms. The molecule has 2 nitrogen and oxygen atoms in total. The van der Waals surface area contributed by atoms with E-state index >= 15 is 0 Å². The topological polar surface area (TPSA) is 38.0 Å². The van der Waals surface area contributed by atoms with Crippen molar-refractivity contribution in [3.63, 3.8) is 0 Å². The third kappa shape index (κ3) is 2.31. The van der Waals surface area contributed by atoms with Crippen molar-refractivity contribution in [1.82, 2.24) is 0 Å². The maximum atomic E-state index is 6.70. The molecule has 0 aromatic heterocycles. The number of anilines is 1. The second kappa shape index (κ2) is 5.81. The lowest BCUT2D eigenvalue weighted by atomic mass is 9.79. The van der Waals surface area contributed by atoms with Crippen LogP contribution in [0.15, 0.2) is 72.4 Å². The van der Waals surface area contributed by atoms with Gasteiger partial charge in [0.1, 0.15) is 0 Å². The second-order valence-electron chi connectivity index (χ2n) is 6.70. The summed E-state index contributed by atoms with van der Waals surface area (Å²) in [5.74, 6) is 0.390. The zero-order valence-electron chi connectivity index (χ0n) is 14.1. The quantitative estimate of drug-likeness (QED) is 0.685. The molecule has 2 heteroatoms. The molecule has 3 aromatic rings. The molecule has 0 fully saturated rings. The van der Waals surface area contributed by atoms with Crippen LogP contribution in [0.2, 0.25) is 0 Å². The van der Waals surface area contributed by atoms with E-state index in [1.165, 1.54) is 27.5 Å². The Labute approximate surface area is 143 Å². The fourth-order valence-corrected chi connectivity index (χ4v) is 3.77. The Hall–Kier alpha value is -2.58. The minimum absolute atomic E-state index is 0.138. The van der Waals surface area contributed by atoms with E-state index in [4.69, 9.17) is 5.73 Å². The molecular formula is C22H22N2. The van der Waals surface area contributed by atoms with Crippen LogP contribution in [0.25, 0.3) is 16.3 Å². The van der Waals surface area contributed by atoms with Gasteiger partial charge in [-0.2, -0.15) is 0 Å². The number of nitrogens with two attached hydrogens (primary N) is 1. The lowest BCUT2D eigenvalue weighted by Gasteiger charge is -2.31. The Morgan fingerprint density at radius 1 is 0.875 bits per heavy atom. The zero-order chi connectivity index (χ0) is 16.7. The van der Waals surface area contributed by atoms with Gasteiger partial charge >= 0.3 is 0 Å². The summed E-state index contributed by atoms with van der Waals surface area (Å²) >= 11 is 0. The number of allylic oxidation sites excluding steroid dienone is 1. The third-order valence-electron chi connectivity index (χ3n) is 4.79. The van der Waals surface area contributed by atoms with Gasteiger partial charge in [-0.1, -0.05) is 68.4 Å². The number of benzene rings is 3. The van der Waals surface area contributed by atoms with E-state index < -0.39 is 0 Å². The standard InChI is InChI=1S/C22H22N2/c1-14(2)19-17-12-6-8-15-9-7-13-18(20(15)17)21(23)22(19)24-16-10-4-3-5-11-16/h3-14,21,24H,23H2,1-2H3. The van der Waals surface area contributed by atoms with Gasteiger partial charge < -0.3 is 11.1 Å². The predicted octanol–water partition coefficient (Wildman–Crippen LogP) is 5.33. The molecule has 1 atom stereocenters. The molecule has 24 heavy (non-hydrogen) atoms. The first-order valence-electron chi connectivity index (χ1n) is 8.50. The number of nitrogens with one attached hydrogen (secondary N) is 1. The predicted molar refractivity (Wildman–Crippen MR) is 103 cm³/mol. The van der Waals surface area contributed by atoms with Gasteiger partial charge in [-0.3, -0.25) is 0 Å². The van der Waals surface area contributed by atoms with Crippen LogP contribution in [0.1, 0.15) is 31.0 Å². The van der Waals surface area contributed by atoms with Gasteiger partial charge in [0.15, 0.2) is 0 Å². The highest BCUT2D eigenvalue weighted by molar-refractivity contribution is 6.00. The highest BCUT2D eigenvalue weighted by Crippen LogP contribution is 2.43. The number of para-hydroxylation sites is 1. The van der Waals surface area contributed by atoms with Crippen molar-refractivity contribution >= 4 is 22.0 Å². The molecule has 0 saturated carbocycles. The SMILES string of the molecule is CC(C)C1=C(Nc2ccccc2)C(N)c2cccc3cccc1c23. The van der Waals surface area contributed by atoms with Crippen LogP contribution in [0.3, 0.4) is 0 Å². The summed E-state index contributed by atoms with van der Waals surface area (Å²) in [7, 11) is 0. The zero-order valence-corrected chi connectivity index (χ0v) is 14.1. The monoisotopic (exact) mass is 314 g/mol. The molecule has 0 radical (unpaired) electrons. The van der Waals surface area contributed by atoms with Gasteiger partial charge in [0, 0.05) is 11.4 Å². The van der Waals surface area contributed by atoms with E-state index in [-0.39, 0.29) is 6.04 Å². The van der Waals surface area contributed by atoms with E-state index in [0.717, 1.165) is 11.4 Å². The van der Waals surface area contributed by atoms with E-state index in [9.17, 15) is 0 Å². The van der Waals surface area contributed by atoms with Gasteiger partial charge in [0.25, 0.3) is 0 Å². The molecule has 1 aliphatic rings. The first-order chi connectivity index (χ1) is 11.7. The van der Waals surface area contributed by atoms with Gasteiger partial charge in [-0.05, 0) is 45.5 Å². The molecule has 120 valence electrons.